The summed E-state index contributed by atoms with van der Waals surface area (Å²) < 4.78 is 11.3. The van der Waals surface area contributed by atoms with Crippen LogP contribution in [0.25, 0.3) is 0 Å². The Morgan fingerprint density at radius 3 is 2.40 bits per heavy atom. The third-order valence-electron chi connectivity index (χ3n) is 4.72. The van der Waals surface area contributed by atoms with Gasteiger partial charge in [0.05, 0.1) is 26.3 Å². The smallest absolute Gasteiger partial charge is 0.238 e. The van der Waals surface area contributed by atoms with Gasteiger partial charge in [-0.1, -0.05) is 25.1 Å². The van der Waals surface area contributed by atoms with Gasteiger partial charge in [0.15, 0.2) is 11.5 Å². The number of aryl methyl sites for hydroxylation is 1. The zero-order chi connectivity index (χ0) is 21.3. The standard InChI is InChI=1S/C23H29N3O4/c1-3-11-26(16-23(28)25-19-8-5-4-7-17(19)2)15-22(27)24-18-9-10-20-21(14-18)30-13-6-12-29-20/h4-5,7-10,14H,3,6,11-13,15-16H2,1-2H3,(H,24,27)(H,25,28). The molecule has 2 N–H and O–H groups in total. The maximum Gasteiger partial charge on any atom is 0.238 e. The second kappa shape index (κ2) is 10.6. The summed E-state index contributed by atoms with van der Waals surface area (Å²) in [5.74, 6) is 1.00. The highest BCUT2D eigenvalue weighted by Gasteiger charge is 2.16. The highest BCUT2D eigenvalue weighted by atomic mass is 16.5. The van der Waals surface area contributed by atoms with Gasteiger partial charge >= 0.3 is 0 Å². The largest absolute Gasteiger partial charge is 0.490 e. The van der Waals surface area contributed by atoms with Crippen molar-refractivity contribution in [3.05, 3.63) is 48.0 Å². The average molecular weight is 412 g/mol. The lowest BCUT2D eigenvalue weighted by Crippen LogP contribution is -2.39. The monoisotopic (exact) mass is 411 g/mol. The Hall–Kier alpha value is -3.06. The second-order valence-corrected chi connectivity index (χ2v) is 7.33. The topological polar surface area (TPSA) is 79.9 Å². The van der Waals surface area contributed by atoms with E-state index < -0.39 is 0 Å². The first kappa shape index (κ1) is 21.6. The molecule has 2 aromatic rings. The van der Waals surface area contributed by atoms with Crippen LogP contribution >= 0.6 is 0 Å². The number of benzene rings is 2. The van der Waals surface area contributed by atoms with Crippen molar-refractivity contribution in [2.24, 2.45) is 0 Å². The number of ether oxygens (including phenoxy) is 2. The first-order valence-electron chi connectivity index (χ1n) is 10.3. The minimum Gasteiger partial charge on any atom is -0.490 e. The molecule has 160 valence electrons. The fraction of sp³-hybridized carbons (Fsp3) is 0.391. The number of nitrogens with one attached hydrogen (secondary N) is 2. The molecule has 7 nitrogen and oxygen atoms in total. The molecule has 0 atom stereocenters. The number of hydrogen-bond acceptors (Lipinski definition) is 5. The predicted octanol–water partition coefficient (Wildman–Crippen LogP) is 3.45. The van der Waals surface area contributed by atoms with Crippen LogP contribution in [0.2, 0.25) is 0 Å². The number of para-hydroxylation sites is 1. The number of carbonyl (C=O) groups is 2. The molecule has 2 aromatic carbocycles. The van der Waals surface area contributed by atoms with E-state index in [1.165, 1.54) is 0 Å². The van der Waals surface area contributed by atoms with Crippen LogP contribution < -0.4 is 20.1 Å². The Balaban J connectivity index is 1.56. The number of amides is 2. The van der Waals surface area contributed by atoms with Gasteiger partial charge in [-0.25, -0.2) is 0 Å². The Kier molecular flexibility index (Phi) is 7.68. The third-order valence-corrected chi connectivity index (χ3v) is 4.72. The normalized spacial score (nSPS) is 12.9. The van der Waals surface area contributed by atoms with Crippen molar-refractivity contribution in [3.8, 4) is 11.5 Å². The molecule has 30 heavy (non-hydrogen) atoms. The lowest BCUT2D eigenvalue weighted by molar-refractivity contribution is -0.120. The Labute approximate surface area is 177 Å². The quantitative estimate of drug-likeness (QED) is 0.696. The van der Waals surface area contributed by atoms with E-state index in [2.05, 4.69) is 10.6 Å². The summed E-state index contributed by atoms with van der Waals surface area (Å²) >= 11 is 0. The predicted molar refractivity (Wildman–Crippen MR) is 117 cm³/mol. The van der Waals surface area contributed by atoms with Crippen molar-refractivity contribution in [2.75, 3.05) is 43.5 Å². The summed E-state index contributed by atoms with van der Waals surface area (Å²) in [6, 6.07) is 13.0. The van der Waals surface area contributed by atoms with E-state index in [9.17, 15) is 9.59 Å². The van der Waals surface area contributed by atoms with Gasteiger partial charge in [-0.3, -0.25) is 14.5 Å². The van der Waals surface area contributed by atoms with E-state index in [4.69, 9.17) is 9.47 Å². The summed E-state index contributed by atoms with van der Waals surface area (Å²) in [7, 11) is 0. The van der Waals surface area contributed by atoms with Crippen LogP contribution in [0.1, 0.15) is 25.3 Å². The van der Waals surface area contributed by atoms with Crippen LogP contribution in [0.4, 0.5) is 11.4 Å². The molecule has 0 saturated carbocycles. The van der Waals surface area contributed by atoms with E-state index in [-0.39, 0.29) is 24.9 Å². The molecule has 0 unspecified atom stereocenters. The number of anilines is 2. The lowest BCUT2D eigenvalue weighted by Gasteiger charge is -2.21. The lowest BCUT2D eigenvalue weighted by atomic mass is 10.2. The Morgan fingerprint density at radius 2 is 1.67 bits per heavy atom. The van der Waals surface area contributed by atoms with E-state index in [0.717, 1.165) is 24.1 Å². The van der Waals surface area contributed by atoms with Crippen LogP contribution in [0, 0.1) is 6.92 Å². The molecule has 0 bridgehead atoms. The number of rotatable bonds is 8. The molecule has 1 heterocycles. The molecule has 1 aliphatic rings. The van der Waals surface area contributed by atoms with Gasteiger partial charge in [-0.05, 0) is 43.7 Å². The van der Waals surface area contributed by atoms with E-state index in [0.29, 0.717) is 36.9 Å². The molecular weight excluding hydrogens is 382 g/mol. The fourth-order valence-electron chi connectivity index (χ4n) is 3.28. The molecular formula is C23H29N3O4. The van der Waals surface area contributed by atoms with Gasteiger partial charge in [-0.2, -0.15) is 0 Å². The number of fused-ring (bicyclic) bond motifs is 1. The molecule has 3 rings (SSSR count). The molecule has 1 aliphatic heterocycles. The number of hydrogen-bond donors (Lipinski definition) is 2. The maximum atomic E-state index is 12.6. The minimum absolute atomic E-state index is 0.128. The number of nitrogens with zero attached hydrogens (tertiary/aromatic N) is 1. The van der Waals surface area contributed by atoms with Crippen LogP contribution in [-0.4, -0.2) is 49.6 Å². The highest BCUT2D eigenvalue weighted by molar-refractivity contribution is 5.95. The molecule has 0 spiro atoms. The molecule has 0 saturated heterocycles. The maximum absolute atomic E-state index is 12.6. The summed E-state index contributed by atoms with van der Waals surface area (Å²) in [5, 5.41) is 5.80. The average Bonchev–Trinajstić information content (AvgIpc) is 2.95. The first-order chi connectivity index (χ1) is 14.5. The van der Waals surface area contributed by atoms with Gasteiger partial charge in [0.1, 0.15) is 0 Å². The fourth-order valence-corrected chi connectivity index (χ4v) is 3.28. The van der Waals surface area contributed by atoms with Crippen LogP contribution in [0.15, 0.2) is 42.5 Å². The van der Waals surface area contributed by atoms with Crippen molar-refractivity contribution in [2.45, 2.75) is 26.7 Å². The van der Waals surface area contributed by atoms with Crippen molar-refractivity contribution < 1.29 is 19.1 Å². The van der Waals surface area contributed by atoms with Crippen molar-refractivity contribution in [1.29, 1.82) is 0 Å². The van der Waals surface area contributed by atoms with Crippen LogP contribution in [0.5, 0.6) is 11.5 Å². The molecule has 2 amide bonds. The van der Waals surface area contributed by atoms with Gasteiger partial charge < -0.3 is 20.1 Å². The first-order valence-corrected chi connectivity index (χ1v) is 10.3. The summed E-state index contributed by atoms with van der Waals surface area (Å²) in [6.45, 7) is 6.10. The van der Waals surface area contributed by atoms with Crippen molar-refractivity contribution in [3.63, 3.8) is 0 Å². The van der Waals surface area contributed by atoms with Crippen LogP contribution in [-0.2, 0) is 9.59 Å². The van der Waals surface area contributed by atoms with Gasteiger partial charge in [-0.15, -0.1) is 0 Å². The third kappa shape index (κ3) is 6.22. The summed E-state index contributed by atoms with van der Waals surface area (Å²) in [4.78, 5) is 26.9. The zero-order valence-electron chi connectivity index (χ0n) is 17.6. The van der Waals surface area contributed by atoms with E-state index in [1.807, 2.05) is 43.0 Å². The summed E-state index contributed by atoms with van der Waals surface area (Å²) in [5.41, 5.74) is 2.43. The summed E-state index contributed by atoms with van der Waals surface area (Å²) in [6.07, 6.45) is 1.67. The molecule has 0 aliphatic carbocycles. The molecule has 0 radical (unpaired) electrons. The second-order valence-electron chi connectivity index (χ2n) is 7.33. The molecule has 0 fully saturated rings. The van der Waals surface area contributed by atoms with Crippen molar-refractivity contribution in [1.82, 2.24) is 4.90 Å². The molecule has 7 heteroatoms. The minimum atomic E-state index is -0.179. The van der Waals surface area contributed by atoms with Gasteiger partial charge in [0.2, 0.25) is 11.8 Å². The van der Waals surface area contributed by atoms with Gasteiger partial charge in [0, 0.05) is 23.9 Å². The van der Waals surface area contributed by atoms with Crippen LogP contribution in [0.3, 0.4) is 0 Å². The van der Waals surface area contributed by atoms with E-state index >= 15 is 0 Å². The SMILES string of the molecule is CCCN(CC(=O)Nc1ccc2c(c1)OCCCO2)CC(=O)Nc1ccccc1C. The zero-order valence-corrected chi connectivity index (χ0v) is 17.6. The van der Waals surface area contributed by atoms with E-state index in [1.54, 1.807) is 18.2 Å². The Bertz CT molecular complexity index is 885. The highest BCUT2D eigenvalue weighted by Crippen LogP contribution is 2.32. The molecule has 0 aromatic heterocycles. The van der Waals surface area contributed by atoms with Gasteiger partial charge in [0.25, 0.3) is 0 Å². The Morgan fingerprint density at radius 1 is 0.967 bits per heavy atom. The number of carbonyl (C=O) groups excluding carboxylic acids is 2. The van der Waals surface area contributed by atoms with Crippen molar-refractivity contribution >= 4 is 23.2 Å².